The first kappa shape index (κ1) is 18.6. The third kappa shape index (κ3) is 4.92. The van der Waals surface area contributed by atoms with Crippen molar-refractivity contribution in [2.45, 2.75) is 57.5 Å². The molecule has 1 saturated carbocycles. The zero-order valence-electron chi connectivity index (χ0n) is 15.5. The molecule has 1 heterocycles. The molecule has 1 amide bonds. The number of nitrogens with zero attached hydrogens (tertiary/aromatic N) is 1. The molecule has 1 aliphatic carbocycles. The quantitative estimate of drug-likeness (QED) is 0.818. The molecule has 4 heteroatoms. The molecular weight excluding hydrogens is 322 g/mol. The first-order valence-electron chi connectivity index (χ1n) is 9.70. The van der Waals surface area contributed by atoms with E-state index in [-0.39, 0.29) is 11.9 Å². The Balaban J connectivity index is 1.60. The van der Waals surface area contributed by atoms with Crippen LogP contribution in [0.2, 0.25) is 0 Å². The lowest BCUT2D eigenvalue weighted by Gasteiger charge is -2.25. The second kappa shape index (κ2) is 8.95. The van der Waals surface area contributed by atoms with Gasteiger partial charge < -0.3 is 11.1 Å². The summed E-state index contributed by atoms with van der Waals surface area (Å²) in [5.74, 6) is 0.559. The zero-order chi connectivity index (χ0) is 18.4. The fourth-order valence-electron chi connectivity index (χ4n) is 3.81. The summed E-state index contributed by atoms with van der Waals surface area (Å²) >= 11 is 0. The molecule has 3 rings (SSSR count). The molecule has 1 unspecified atom stereocenters. The molecule has 138 valence electrons. The number of hydrogen-bond donors (Lipinski definition) is 2. The third-order valence-electron chi connectivity index (χ3n) is 5.39. The summed E-state index contributed by atoms with van der Waals surface area (Å²) in [7, 11) is 0. The molecule has 0 radical (unpaired) electrons. The first-order valence-corrected chi connectivity index (χ1v) is 9.70. The molecule has 0 bridgehead atoms. The Labute approximate surface area is 156 Å². The molecule has 0 spiro atoms. The zero-order valence-corrected chi connectivity index (χ0v) is 15.5. The van der Waals surface area contributed by atoms with Gasteiger partial charge >= 0.3 is 0 Å². The topological polar surface area (TPSA) is 68.0 Å². The van der Waals surface area contributed by atoms with Gasteiger partial charge in [-0.15, -0.1) is 0 Å². The average molecular weight is 351 g/mol. The standard InChI is InChI=1S/C22H29N3O/c1-16(25-22(26)21(23)13-17-7-3-2-4-8-17)18-9-5-10-19(14-18)20-11-6-12-24-15-20/h5-6,9-12,14-17,21H,2-4,7-8,13,23H2,1H3,(H,25,26)/t16?,21-/m0/s1. The normalized spacial score (nSPS) is 17.5. The van der Waals surface area contributed by atoms with E-state index in [2.05, 4.69) is 22.4 Å². The second-order valence-electron chi connectivity index (χ2n) is 7.44. The van der Waals surface area contributed by atoms with Crippen molar-refractivity contribution in [1.29, 1.82) is 0 Å². The van der Waals surface area contributed by atoms with Gasteiger partial charge in [0.25, 0.3) is 0 Å². The maximum absolute atomic E-state index is 12.5. The minimum atomic E-state index is -0.415. The lowest BCUT2D eigenvalue weighted by molar-refractivity contribution is -0.123. The highest BCUT2D eigenvalue weighted by atomic mass is 16.2. The lowest BCUT2D eigenvalue weighted by Crippen LogP contribution is -2.42. The smallest absolute Gasteiger partial charge is 0.237 e. The predicted octanol–water partition coefficient (Wildman–Crippen LogP) is 4.22. The van der Waals surface area contributed by atoms with Crippen LogP contribution in [0.25, 0.3) is 11.1 Å². The molecule has 1 aromatic carbocycles. The Morgan fingerprint density at radius 2 is 1.96 bits per heavy atom. The number of nitrogens with two attached hydrogens (primary N) is 1. The van der Waals surface area contributed by atoms with Crippen molar-refractivity contribution in [1.82, 2.24) is 10.3 Å². The van der Waals surface area contributed by atoms with Crippen molar-refractivity contribution in [3.63, 3.8) is 0 Å². The van der Waals surface area contributed by atoms with E-state index in [1.54, 1.807) is 6.20 Å². The van der Waals surface area contributed by atoms with Crippen molar-refractivity contribution in [2.75, 3.05) is 0 Å². The van der Waals surface area contributed by atoms with Crippen molar-refractivity contribution in [2.24, 2.45) is 11.7 Å². The molecule has 3 N–H and O–H groups in total. The van der Waals surface area contributed by atoms with Crippen molar-refractivity contribution in [3.05, 3.63) is 54.4 Å². The third-order valence-corrected chi connectivity index (χ3v) is 5.39. The largest absolute Gasteiger partial charge is 0.348 e. The van der Waals surface area contributed by atoms with Crippen LogP contribution >= 0.6 is 0 Å². The van der Waals surface area contributed by atoms with Gasteiger partial charge in [0.15, 0.2) is 0 Å². The Hall–Kier alpha value is -2.20. The minimum Gasteiger partial charge on any atom is -0.348 e. The summed E-state index contributed by atoms with van der Waals surface area (Å²) in [5.41, 5.74) is 9.42. The SMILES string of the molecule is CC(NC(=O)[C@@H](N)CC1CCCCC1)c1cccc(-c2cccnc2)c1. The predicted molar refractivity (Wildman–Crippen MR) is 105 cm³/mol. The van der Waals surface area contributed by atoms with Crippen LogP contribution in [-0.2, 0) is 4.79 Å². The van der Waals surface area contributed by atoms with Gasteiger partial charge in [0, 0.05) is 12.4 Å². The van der Waals surface area contributed by atoms with Crippen LogP contribution in [0.15, 0.2) is 48.8 Å². The molecular formula is C22H29N3O. The molecule has 0 saturated heterocycles. The molecule has 2 atom stereocenters. The van der Waals surface area contributed by atoms with E-state index in [4.69, 9.17) is 5.73 Å². The Morgan fingerprint density at radius 3 is 2.69 bits per heavy atom. The van der Waals surface area contributed by atoms with E-state index in [0.29, 0.717) is 5.92 Å². The number of amides is 1. The highest BCUT2D eigenvalue weighted by Gasteiger charge is 2.22. The molecule has 26 heavy (non-hydrogen) atoms. The van der Waals surface area contributed by atoms with E-state index in [0.717, 1.165) is 23.1 Å². The van der Waals surface area contributed by atoms with Crippen LogP contribution in [0.5, 0.6) is 0 Å². The Morgan fingerprint density at radius 1 is 1.19 bits per heavy atom. The highest BCUT2D eigenvalue weighted by Crippen LogP contribution is 2.27. The molecule has 1 aromatic heterocycles. The number of aromatic nitrogens is 1. The van der Waals surface area contributed by atoms with Crippen LogP contribution in [-0.4, -0.2) is 16.9 Å². The van der Waals surface area contributed by atoms with Gasteiger partial charge in [-0.1, -0.05) is 56.4 Å². The van der Waals surface area contributed by atoms with Crippen LogP contribution in [0.1, 0.15) is 57.1 Å². The molecule has 1 fully saturated rings. The first-order chi connectivity index (χ1) is 12.6. The van der Waals surface area contributed by atoms with Crippen LogP contribution in [0, 0.1) is 5.92 Å². The van der Waals surface area contributed by atoms with E-state index < -0.39 is 6.04 Å². The minimum absolute atomic E-state index is 0.0464. The second-order valence-corrected chi connectivity index (χ2v) is 7.44. The molecule has 4 nitrogen and oxygen atoms in total. The summed E-state index contributed by atoms with van der Waals surface area (Å²) in [5, 5.41) is 3.08. The summed E-state index contributed by atoms with van der Waals surface area (Å²) in [6.45, 7) is 2.01. The molecule has 1 aliphatic rings. The van der Waals surface area contributed by atoms with Gasteiger partial charge in [-0.25, -0.2) is 0 Å². The van der Waals surface area contributed by atoms with E-state index in [9.17, 15) is 4.79 Å². The number of nitrogens with one attached hydrogen (secondary N) is 1. The number of pyridine rings is 1. The van der Waals surface area contributed by atoms with Gasteiger partial charge in [-0.2, -0.15) is 0 Å². The Kier molecular flexibility index (Phi) is 6.40. The maximum Gasteiger partial charge on any atom is 0.237 e. The van der Waals surface area contributed by atoms with Gasteiger partial charge in [0.2, 0.25) is 5.91 Å². The summed E-state index contributed by atoms with van der Waals surface area (Å²) in [6.07, 6.45) is 10.7. The fraction of sp³-hybridized carbons (Fsp3) is 0.455. The number of rotatable bonds is 6. The summed E-state index contributed by atoms with van der Waals surface area (Å²) in [6, 6.07) is 11.7. The van der Waals surface area contributed by atoms with E-state index >= 15 is 0 Å². The molecule has 2 aromatic rings. The average Bonchev–Trinajstić information content (AvgIpc) is 2.69. The summed E-state index contributed by atoms with van der Waals surface area (Å²) < 4.78 is 0. The number of carbonyl (C=O) groups excluding carboxylic acids is 1. The van der Waals surface area contributed by atoms with Crippen LogP contribution in [0.4, 0.5) is 0 Å². The van der Waals surface area contributed by atoms with Gasteiger partial charge in [0.1, 0.15) is 0 Å². The van der Waals surface area contributed by atoms with Gasteiger partial charge in [-0.05, 0) is 48.1 Å². The van der Waals surface area contributed by atoms with Crippen molar-refractivity contribution >= 4 is 5.91 Å². The number of benzene rings is 1. The van der Waals surface area contributed by atoms with Crippen LogP contribution in [0.3, 0.4) is 0 Å². The monoisotopic (exact) mass is 351 g/mol. The van der Waals surface area contributed by atoms with Gasteiger partial charge in [0.05, 0.1) is 12.1 Å². The number of carbonyl (C=O) groups is 1. The summed E-state index contributed by atoms with van der Waals surface area (Å²) in [4.78, 5) is 16.7. The van der Waals surface area contributed by atoms with E-state index in [1.165, 1.54) is 32.1 Å². The van der Waals surface area contributed by atoms with E-state index in [1.807, 2.05) is 37.4 Å². The number of hydrogen-bond acceptors (Lipinski definition) is 3. The Bertz CT molecular complexity index is 710. The highest BCUT2D eigenvalue weighted by molar-refractivity contribution is 5.82. The lowest BCUT2D eigenvalue weighted by atomic mass is 9.85. The maximum atomic E-state index is 12.5. The molecule has 0 aliphatic heterocycles. The fourth-order valence-corrected chi connectivity index (χ4v) is 3.81. The van der Waals surface area contributed by atoms with Crippen LogP contribution < -0.4 is 11.1 Å². The van der Waals surface area contributed by atoms with Crippen molar-refractivity contribution in [3.8, 4) is 11.1 Å². The van der Waals surface area contributed by atoms with Crippen molar-refractivity contribution < 1.29 is 4.79 Å². The van der Waals surface area contributed by atoms with Gasteiger partial charge in [-0.3, -0.25) is 9.78 Å².